The van der Waals surface area contributed by atoms with Gasteiger partial charge in [0.05, 0.1) is 18.2 Å². The average Bonchev–Trinajstić information content (AvgIpc) is 2.81. The number of aromatic nitrogens is 1. The summed E-state index contributed by atoms with van der Waals surface area (Å²) >= 11 is 0. The third-order valence-corrected chi connectivity index (χ3v) is 3.44. The smallest absolute Gasteiger partial charge is 0.251 e. The predicted octanol–water partition coefficient (Wildman–Crippen LogP) is 1.50. The Kier molecular flexibility index (Phi) is 3.75. The van der Waals surface area contributed by atoms with Crippen LogP contribution in [0.1, 0.15) is 12.0 Å². The van der Waals surface area contributed by atoms with Crippen LogP contribution in [0.4, 0.5) is 5.69 Å². The van der Waals surface area contributed by atoms with E-state index in [4.69, 9.17) is 0 Å². The number of nitrogens with one attached hydrogen (secondary N) is 1. The summed E-state index contributed by atoms with van der Waals surface area (Å²) in [5.41, 5.74) is 1.61. The lowest BCUT2D eigenvalue weighted by Crippen LogP contribution is -2.38. The molecule has 1 aromatic carbocycles. The van der Waals surface area contributed by atoms with E-state index in [0.29, 0.717) is 12.2 Å². The van der Waals surface area contributed by atoms with Crippen molar-refractivity contribution in [3.05, 3.63) is 60.4 Å². The number of nitrogens with zero attached hydrogens (tertiary/aromatic N) is 2. The average molecular weight is 281 g/mol. The van der Waals surface area contributed by atoms with Gasteiger partial charge in [-0.3, -0.25) is 14.6 Å². The molecule has 2 heterocycles. The molecule has 21 heavy (non-hydrogen) atoms. The molecule has 5 nitrogen and oxygen atoms in total. The van der Waals surface area contributed by atoms with Crippen LogP contribution in [-0.2, 0) is 16.1 Å². The summed E-state index contributed by atoms with van der Waals surface area (Å²) < 4.78 is 0. The van der Waals surface area contributed by atoms with E-state index >= 15 is 0 Å². The third-order valence-electron chi connectivity index (χ3n) is 3.44. The van der Waals surface area contributed by atoms with E-state index in [1.165, 1.54) is 4.90 Å². The van der Waals surface area contributed by atoms with Gasteiger partial charge in [0.25, 0.3) is 5.91 Å². The summed E-state index contributed by atoms with van der Waals surface area (Å²) in [6.07, 6.45) is 3.63. The Balaban J connectivity index is 1.69. The van der Waals surface area contributed by atoms with Crippen LogP contribution in [0.3, 0.4) is 0 Å². The summed E-state index contributed by atoms with van der Waals surface area (Å²) in [5, 5.41) is 3.13. The molecule has 5 heteroatoms. The number of carbonyl (C=O) groups is 2. The van der Waals surface area contributed by atoms with Crippen molar-refractivity contribution in [2.45, 2.75) is 19.0 Å². The minimum atomic E-state index is -0.474. The highest BCUT2D eigenvalue weighted by molar-refractivity contribution is 6.22. The first-order valence-electron chi connectivity index (χ1n) is 6.80. The molecule has 1 saturated heterocycles. The summed E-state index contributed by atoms with van der Waals surface area (Å²) in [6.45, 7) is 0.514. The summed E-state index contributed by atoms with van der Waals surface area (Å²) in [6, 6.07) is 12.3. The van der Waals surface area contributed by atoms with Gasteiger partial charge in [-0.15, -0.1) is 0 Å². The van der Waals surface area contributed by atoms with Crippen molar-refractivity contribution in [2.24, 2.45) is 0 Å². The molecule has 1 atom stereocenters. The zero-order chi connectivity index (χ0) is 14.7. The van der Waals surface area contributed by atoms with Crippen molar-refractivity contribution in [2.75, 3.05) is 4.90 Å². The fraction of sp³-hybridized carbons (Fsp3) is 0.188. The molecule has 1 fully saturated rings. The lowest BCUT2D eigenvalue weighted by molar-refractivity contribution is -0.121. The lowest BCUT2D eigenvalue weighted by atomic mass is 10.2. The van der Waals surface area contributed by atoms with Crippen molar-refractivity contribution in [1.29, 1.82) is 0 Å². The maximum absolute atomic E-state index is 12.4. The summed E-state index contributed by atoms with van der Waals surface area (Å²) in [7, 11) is 0. The quantitative estimate of drug-likeness (QED) is 0.863. The Hall–Kier alpha value is -2.53. The number of hydrogen-bond acceptors (Lipinski definition) is 4. The SMILES string of the molecule is O=C1CC(NCc2cccnc2)C(=O)N1c1ccccc1. The molecule has 0 aliphatic carbocycles. The maximum Gasteiger partial charge on any atom is 0.251 e. The Labute approximate surface area is 122 Å². The fourth-order valence-electron chi connectivity index (χ4n) is 2.38. The van der Waals surface area contributed by atoms with E-state index in [-0.39, 0.29) is 18.2 Å². The summed E-state index contributed by atoms with van der Waals surface area (Å²) in [5.74, 6) is -0.370. The van der Waals surface area contributed by atoms with Crippen LogP contribution in [0.15, 0.2) is 54.9 Å². The highest BCUT2D eigenvalue weighted by Gasteiger charge is 2.39. The normalized spacial score (nSPS) is 18.3. The van der Waals surface area contributed by atoms with E-state index in [1.807, 2.05) is 30.3 Å². The molecule has 0 saturated carbocycles. The van der Waals surface area contributed by atoms with Gasteiger partial charge in [0.2, 0.25) is 5.91 Å². The van der Waals surface area contributed by atoms with E-state index in [2.05, 4.69) is 10.3 Å². The molecule has 0 bridgehead atoms. The molecule has 2 amide bonds. The minimum Gasteiger partial charge on any atom is -0.301 e. The molecule has 1 unspecified atom stereocenters. The maximum atomic E-state index is 12.4. The Bertz CT molecular complexity index is 643. The van der Waals surface area contributed by atoms with Crippen molar-refractivity contribution >= 4 is 17.5 Å². The van der Waals surface area contributed by atoms with Crippen LogP contribution in [-0.4, -0.2) is 22.8 Å². The lowest BCUT2D eigenvalue weighted by Gasteiger charge is -2.15. The number of anilines is 1. The molecule has 1 aliphatic heterocycles. The number of hydrogen-bond donors (Lipinski definition) is 1. The standard InChI is InChI=1S/C16H15N3O2/c20-15-9-14(18-11-12-5-4-8-17-10-12)16(21)19(15)13-6-2-1-3-7-13/h1-8,10,14,18H,9,11H2. The first-order chi connectivity index (χ1) is 10.3. The van der Waals surface area contributed by atoms with Crippen LogP contribution in [0.2, 0.25) is 0 Å². The third kappa shape index (κ3) is 2.83. The number of amides is 2. The van der Waals surface area contributed by atoms with E-state index in [0.717, 1.165) is 5.56 Å². The Morgan fingerprint density at radius 3 is 2.67 bits per heavy atom. The number of pyridine rings is 1. The van der Waals surface area contributed by atoms with Gasteiger partial charge in [0, 0.05) is 18.9 Å². The molecule has 0 radical (unpaired) electrons. The van der Waals surface area contributed by atoms with Gasteiger partial charge in [0.1, 0.15) is 0 Å². The fourth-order valence-corrected chi connectivity index (χ4v) is 2.38. The van der Waals surface area contributed by atoms with E-state index in [9.17, 15) is 9.59 Å². The molecule has 106 valence electrons. The van der Waals surface area contributed by atoms with Crippen molar-refractivity contribution in [1.82, 2.24) is 10.3 Å². The van der Waals surface area contributed by atoms with Crippen LogP contribution in [0, 0.1) is 0 Å². The molecule has 1 N–H and O–H groups in total. The van der Waals surface area contributed by atoms with Crippen LogP contribution < -0.4 is 10.2 Å². The molecular weight excluding hydrogens is 266 g/mol. The highest BCUT2D eigenvalue weighted by atomic mass is 16.2. The first-order valence-corrected chi connectivity index (χ1v) is 6.80. The zero-order valence-corrected chi connectivity index (χ0v) is 11.4. The van der Waals surface area contributed by atoms with Gasteiger partial charge < -0.3 is 5.32 Å². The Morgan fingerprint density at radius 1 is 1.14 bits per heavy atom. The van der Waals surface area contributed by atoms with Crippen molar-refractivity contribution < 1.29 is 9.59 Å². The largest absolute Gasteiger partial charge is 0.301 e. The van der Waals surface area contributed by atoms with Gasteiger partial charge in [-0.25, -0.2) is 4.90 Å². The number of benzene rings is 1. The second-order valence-electron chi connectivity index (χ2n) is 4.90. The van der Waals surface area contributed by atoms with Gasteiger partial charge >= 0.3 is 0 Å². The van der Waals surface area contributed by atoms with Crippen molar-refractivity contribution in [3.63, 3.8) is 0 Å². The van der Waals surface area contributed by atoms with Gasteiger partial charge in [-0.1, -0.05) is 24.3 Å². The highest BCUT2D eigenvalue weighted by Crippen LogP contribution is 2.22. The number of carbonyl (C=O) groups excluding carboxylic acids is 2. The summed E-state index contributed by atoms with van der Waals surface area (Å²) in [4.78, 5) is 29.7. The molecular formula is C16H15N3O2. The van der Waals surface area contributed by atoms with Crippen LogP contribution in [0.5, 0.6) is 0 Å². The molecule has 1 aromatic heterocycles. The monoisotopic (exact) mass is 281 g/mol. The predicted molar refractivity (Wildman–Crippen MR) is 78.4 cm³/mol. The number of para-hydroxylation sites is 1. The van der Waals surface area contributed by atoms with Crippen LogP contribution in [0.25, 0.3) is 0 Å². The van der Waals surface area contributed by atoms with Crippen LogP contribution >= 0.6 is 0 Å². The first kappa shape index (κ1) is 13.5. The number of imide groups is 1. The molecule has 0 spiro atoms. The van der Waals surface area contributed by atoms with Crippen molar-refractivity contribution in [3.8, 4) is 0 Å². The zero-order valence-electron chi connectivity index (χ0n) is 11.4. The molecule has 3 rings (SSSR count). The Morgan fingerprint density at radius 2 is 1.95 bits per heavy atom. The number of rotatable bonds is 4. The molecule has 1 aliphatic rings. The van der Waals surface area contributed by atoms with E-state index < -0.39 is 6.04 Å². The minimum absolute atomic E-state index is 0.171. The topological polar surface area (TPSA) is 62.3 Å². The van der Waals surface area contributed by atoms with Gasteiger partial charge in [-0.2, -0.15) is 0 Å². The molecule has 2 aromatic rings. The second-order valence-corrected chi connectivity index (χ2v) is 4.90. The second kappa shape index (κ2) is 5.85. The van der Waals surface area contributed by atoms with E-state index in [1.54, 1.807) is 24.5 Å². The van der Waals surface area contributed by atoms with Gasteiger partial charge in [-0.05, 0) is 23.8 Å². The van der Waals surface area contributed by atoms with Gasteiger partial charge in [0.15, 0.2) is 0 Å².